The quantitative estimate of drug-likeness (QED) is 0.944. The van der Waals surface area contributed by atoms with E-state index < -0.39 is 5.41 Å². The first-order valence-electron chi connectivity index (χ1n) is 7.31. The highest BCUT2D eigenvalue weighted by Crippen LogP contribution is 2.19. The van der Waals surface area contributed by atoms with Crippen LogP contribution in [-0.2, 0) is 4.79 Å². The van der Waals surface area contributed by atoms with Crippen LogP contribution < -0.4 is 10.1 Å². The van der Waals surface area contributed by atoms with Crippen molar-refractivity contribution in [1.29, 1.82) is 0 Å². The van der Waals surface area contributed by atoms with Crippen molar-refractivity contribution in [2.45, 2.75) is 33.7 Å². The zero-order chi connectivity index (χ0) is 16.3. The van der Waals surface area contributed by atoms with Gasteiger partial charge in [-0.15, -0.1) is 0 Å². The molecule has 0 fully saturated rings. The van der Waals surface area contributed by atoms with Gasteiger partial charge in [-0.1, -0.05) is 20.8 Å². The summed E-state index contributed by atoms with van der Waals surface area (Å²) in [5.41, 5.74) is 1.51. The van der Waals surface area contributed by atoms with Crippen LogP contribution in [0.4, 0.5) is 0 Å². The lowest BCUT2D eigenvalue weighted by atomic mass is 9.95. The van der Waals surface area contributed by atoms with E-state index >= 15 is 0 Å². The van der Waals surface area contributed by atoms with Crippen molar-refractivity contribution in [2.75, 3.05) is 7.11 Å². The second-order valence-electron chi connectivity index (χ2n) is 6.36. The van der Waals surface area contributed by atoms with Crippen LogP contribution in [0.5, 0.6) is 5.75 Å². The Morgan fingerprint density at radius 3 is 2.45 bits per heavy atom. The molecule has 1 amide bonds. The molecule has 0 bridgehead atoms. The van der Waals surface area contributed by atoms with Gasteiger partial charge in [0.1, 0.15) is 5.75 Å². The van der Waals surface area contributed by atoms with E-state index in [-0.39, 0.29) is 11.9 Å². The van der Waals surface area contributed by atoms with Crippen molar-refractivity contribution in [3.05, 3.63) is 42.2 Å². The number of hydrogen-bond acceptors (Lipinski definition) is 3. The predicted molar refractivity (Wildman–Crippen MR) is 86.1 cm³/mol. The number of benzene rings is 1. The van der Waals surface area contributed by atoms with Crippen molar-refractivity contribution >= 4 is 5.91 Å². The normalized spacial score (nSPS) is 12.8. The summed E-state index contributed by atoms with van der Waals surface area (Å²) in [6.45, 7) is 7.65. The molecule has 0 aliphatic rings. The Kier molecular flexibility index (Phi) is 4.54. The van der Waals surface area contributed by atoms with E-state index in [1.165, 1.54) is 0 Å². The molecule has 0 aliphatic carbocycles. The van der Waals surface area contributed by atoms with Crippen molar-refractivity contribution < 1.29 is 9.53 Å². The summed E-state index contributed by atoms with van der Waals surface area (Å²) in [6, 6.07) is 7.57. The average molecular weight is 301 g/mol. The number of methoxy groups -OCH3 is 1. The molecule has 2 aromatic rings. The van der Waals surface area contributed by atoms with Crippen LogP contribution in [-0.4, -0.2) is 22.8 Å². The number of rotatable bonds is 4. The van der Waals surface area contributed by atoms with Gasteiger partial charge in [0.25, 0.3) is 0 Å². The van der Waals surface area contributed by atoms with Crippen molar-refractivity contribution in [3.8, 4) is 11.4 Å². The van der Waals surface area contributed by atoms with Gasteiger partial charge in [-0.25, -0.2) is 4.68 Å². The highest BCUT2D eigenvalue weighted by Gasteiger charge is 2.23. The number of nitrogens with one attached hydrogen (secondary N) is 1. The second kappa shape index (κ2) is 6.22. The number of amides is 1. The molecular formula is C17H23N3O2. The van der Waals surface area contributed by atoms with Gasteiger partial charge < -0.3 is 10.1 Å². The maximum Gasteiger partial charge on any atom is 0.225 e. The van der Waals surface area contributed by atoms with E-state index in [1.807, 2.05) is 58.2 Å². The van der Waals surface area contributed by atoms with Crippen LogP contribution in [0.2, 0.25) is 0 Å². The summed E-state index contributed by atoms with van der Waals surface area (Å²) in [6.07, 6.45) is 3.70. The topological polar surface area (TPSA) is 56.1 Å². The van der Waals surface area contributed by atoms with Crippen LogP contribution in [0.15, 0.2) is 36.7 Å². The molecule has 0 unspecified atom stereocenters. The second-order valence-corrected chi connectivity index (χ2v) is 6.36. The number of hydrogen-bond donors (Lipinski definition) is 1. The molecule has 0 aliphatic heterocycles. The minimum Gasteiger partial charge on any atom is -0.497 e. The Bertz CT molecular complexity index is 639. The zero-order valence-corrected chi connectivity index (χ0v) is 13.8. The monoisotopic (exact) mass is 301 g/mol. The van der Waals surface area contributed by atoms with Crippen LogP contribution >= 0.6 is 0 Å². The number of aromatic nitrogens is 2. The molecule has 1 aromatic heterocycles. The maximum absolute atomic E-state index is 12.0. The third-order valence-corrected chi connectivity index (χ3v) is 3.47. The highest BCUT2D eigenvalue weighted by atomic mass is 16.5. The predicted octanol–water partition coefficient (Wildman–Crippen LogP) is 3.10. The Hall–Kier alpha value is -2.30. The molecule has 1 N–H and O–H groups in total. The summed E-state index contributed by atoms with van der Waals surface area (Å²) in [5.74, 6) is 0.833. The van der Waals surface area contributed by atoms with Crippen LogP contribution in [0.1, 0.15) is 39.3 Å². The lowest BCUT2D eigenvalue weighted by Crippen LogP contribution is -2.36. The van der Waals surface area contributed by atoms with E-state index in [4.69, 9.17) is 4.74 Å². The summed E-state index contributed by atoms with van der Waals surface area (Å²) in [7, 11) is 1.64. The Labute approximate surface area is 131 Å². The standard InChI is InChI=1S/C17H23N3O2/c1-12(19-16(21)17(2,3)4)13-10-18-20(11-13)14-6-8-15(22-5)9-7-14/h6-12H,1-5H3,(H,19,21)/t12-/m0/s1. The lowest BCUT2D eigenvalue weighted by molar-refractivity contribution is -0.129. The van der Waals surface area contributed by atoms with Gasteiger partial charge in [-0.2, -0.15) is 5.10 Å². The number of nitrogens with zero attached hydrogens (tertiary/aromatic N) is 2. The molecular weight excluding hydrogens is 278 g/mol. The molecule has 0 saturated heterocycles. The largest absolute Gasteiger partial charge is 0.497 e. The summed E-state index contributed by atoms with van der Waals surface area (Å²) < 4.78 is 6.93. The van der Waals surface area contributed by atoms with Crippen molar-refractivity contribution in [2.24, 2.45) is 5.41 Å². The molecule has 1 atom stereocenters. The first kappa shape index (κ1) is 16.1. The smallest absolute Gasteiger partial charge is 0.225 e. The summed E-state index contributed by atoms with van der Waals surface area (Å²) >= 11 is 0. The Morgan fingerprint density at radius 1 is 1.27 bits per heavy atom. The number of ether oxygens (including phenoxy) is 1. The molecule has 5 heteroatoms. The maximum atomic E-state index is 12.0. The molecule has 118 valence electrons. The molecule has 2 rings (SSSR count). The SMILES string of the molecule is COc1ccc(-n2cc([C@H](C)NC(=O)C(C)(C)C)cn2)cc1. The first-order valence-corrected chi connectivity index (χ1v) is 7.31. The van der Waals surface area contributed by atoms with Gasteiger partial charge in [-0.05, 0) is 31.2 Å². The summed E-state index contributed by atoms with van der Waals surface area (Å²) in [5, 5.41) is 7.36. The molecule has 1 aromatic carbocycles. The van der Waals surface area contributed by atoms with E-state index in [0.717, 1.165) is 17.0 Å². The van der Waals surface area contributed by atoms with Gasteiger partial charge in [0.15, 0.2) is 0 Å². The van der Waals surface area contributed by atoms with E-state index in [0.29, 0.717) is 0 Å². The molecule has 1 heterocycles. The minimum absolute atomic E-state index is 0.0252. The van der Waals surface area contributed by atoms with Crippen LogP contribution in [0.3, 0.4) is 0 Å². The van der Waals surface area contributed by atoms with Gasteiger partial charge in [0.05, 0.1) is 25.0 Å². The van der Waals surface area contributed by atoms with Gasteiger partial charge in [0, 0.05) is 17.2 Å². The third kappa shape index (κ3) is 3.67. The number of carbonyl (C=O) groups is 1. The van der Waals surface area contributed by atoms with Gasteiger partial charge in [0.2, 0.25) is 5.91 Å². The fourth-order valence-electron chi connectivity index (χ4n) is 1.93. The molecule has 5 nitrogen and oxygen atoms in total. The minimum atomic E-state index is -0.403. The van der Waals surface area contributed by atoms with E-state index in [1.54, 1.807) is 18.0 Å². The fraction of sp³-hybridized carbons (Fsp3) is 0.412. The van der Waals surface area contributed by atoms with Crippen molar-refractivity contribution in [1.82, 2.24) is 15.1 Å². The molecule has 0 radical (unpaired) electrons. The van der Waals surface area contributed by atoms with Gasteiger partial charge in [-0.3, -0.25) is 4.79 Å². The third-order valence-electron chi connectivity index (χ3n) is 3.47. The lowest BCUT2D eigenvalue weighted by Gasteiger charge is -2.21. The average Bonchev–Trinajstić information content (AvgIpc) is 2.96. The molecule has 0 saturated carbocycles. The Balaban J connectivity index is 2.11. The van der Waals surface area contributed by atoms with Crippen LogP contribution in [0, 0.1) is 5.41 Å². The molecule has 0 spiro atoms. The van der Waals surface area contributed by atoms with Gasteiger partial charge >= 0.3 is 0 Å². The van der Waals surface area contributed by atoms with E-state index in [2.05, 4.69) is 10.4 Å². The Morgan fingerprint density at radius 2 is 1.91 bits per heavy atom. The van der Waals surface area contributed by atoms with Crippen molar-refractivity contribution in [3.63, 3.8) is 0 Å². The van der Waals surface area contributed by atoms with Crippen LogP contribution in [0.25, 0.3) is 5.69 Å². The fourth-order valence-corrected chi connectivity index (χ4v) is 1.93. The highest BCUT2D eigenvalue weighted by molar-refractivity contribution is 5.81. The first-order chi connectivity index (χ1) is 10.3. The van der Waals surface area contributed by atoms with E-state index in [9.17, 15) is 4.79 Å². The number of carbonyl (C=O) groups excluding carboxylic acids is 1. The molecule has 22 heavy (non-hydrogen) atoms. The zero-order valence-electron chi connectivity index (χ0n) is 13.8. The summed E-state index contributed by atoms with van der Waals surface area (Å²) in [4.78, 5) is 12.0.